The molecule has 0 atom stereocenters. The van der Waals surface area contributed by atoms with Gasteiger partial charge in [0.15, 0.2) is 0 Å². The van der Waals surface area contributed by atoms with Gasteiger partial charge in [0, 0.05) is 37.8 Å². The second-order valence-electron chi connectivity index (χ2n) is 8.60. The van der Waals surface area contributed by atoms with E-state index in [9.17, 15) is 0 Å². The normalized spacial score (nSPS) is 30.6. The zero-order valence-electron chi connectivity index (χ0n) is 14.0. The Kier molecular flexibility index (Phi) is 3.89. The molecule has 1 spiro atoms. The lowest BCUT2D eigenvalue weighted by Crippen LogP contribution is -2.60. The maximum atomic E-state index is 2.81. The van der Waals surface area contributed by atoms with Crippen LogP contribution in [0.3, 0.4) is 0 Å². The Hall–Kier alpha value is -0.120. The monoisotopic (exact) mass is 279 g/mol. The first kappa shape index (κ1) is 14.8. The average Bonchev–Trinajstić information content (AvgIpc) is 2.37. The summed E-state index contributed by atoms with van der Waals surface area (Å²) >= 11 is 0. The van der Waals surface area contributed by atoms with Gasteiger partial charge in [0.2, 0.25) is 0 Å². The molecule has 0 amide bonds. The fraction of sp³-hybridized carbons (Fsp3) is 1.00. The predicted octanol–water partition coefficient (Wildman–Crippen LogP) is 2.28. The third kappa shape index (κ3) is 2.90. The van der Waals surface area contributed by atoms with Crippen molar-refractivity contribution in [2.45, 2.75) is 58.0 Å². The van der Waals surface area contributed by atoms with Crippen molar-refractivity contribution in [1.29, 1.82) is 0 Å². The number of piperidine rings is 2. The van der Waals surface area contributed by atoms with Gasteiger partial charge in [-0.25, -0.2) is 0 Å². The molecule has 0 radical (unpaired) electrons. The van der Waals surface area contributed by atoms with Crippen molar-refractivity contribution in [2.24, 2.45) is 5.41 Å². The van der Waals surface area contributed by atoms with Gasteiger partial charge in [-0.15, -0.1) is 0 Å². The van der Waals surface area contributed by atoms with Crippen molar-refractivity contribution < 1.29 is 0 Å². The molecule has 0 saturated carbocycles. The molecule has 3 fully saturated rings. The van der Waals surface area contributed by atoms with Crippen LogP contribution in [0.1, 0.15) is 46.5 Å². The van der Waals surface area contributed by atoms with Crippen LogP contribution in [-0.4, -0.2) is 72.6 Å². The minimum atomic E-state index is 0.355. The van der Waals surface area contributed by atoms with E-state index in [4.69, 9.17) is 0 Å². The first-order valence-electron chi connectivity index (χ1n) is 8.56. The minimum Gasteiger partial charge on any atom is -0.305 e. The average molecular weight is 279 g/mol. The van der Waals surface area contributed by atoms with Crippen LogP contribution < -0.4 is 0 Å². The summed E-state index contributed by atoms with van der Waals surface area (Å²) in [7, 11) is 2.26. The highest BCUT2D eigenvalue weighted by atomic mass is 15.2. The highest BCUT2D eigenvalue weighted by molar-refractivity contribution is 4.98. The molecule has 3 aliphatic rings. The predicted molar refractivity (Wildman–Crippen MR) is 85.1 cm³/mol. The topological polar surface area (TPSA) is 9.72 Å². The Labute approximate surface area is 125 Å². The second kappa shape index (κ2) is 5.26. The van der Waals surface area contributed by atoms with Gasteiger partial charge >= 0.3 is 0 Å². The number of hydrogen-bond acceptors (Lipinski definition) is 3. The maximum absolute atomic E-state index is 2.81. The van der Waals surface area contributed by atoms with E-state index < -0.39 is 0 Å². The molecule has 3 rings (SSSR count). The molecule has 0 aromatic rings. The molecule has 3 heterocycles. The van der Waals surface area contributed by atoms with E-state index in [1.807, 2.05) is 0 Å². The largest absolute Gasteiger partial charge is 0.305 e. The van der Waals surface area contributed by atoms with Crippen molar-refractivity contribution in [3.05, 3.63) is 0 Å². The molecule has 0 N–H and O–H groups in total. The fourth-order valence-corrected chi connectivity index (χ4v) is 4.68. The lowest BCUT2D eigenvalue weighted by Gasteiger charge is -2.54. The summed E-state index contributed by atoms with van der Waals surface area (Å²) in [5.41, 5.74) is 1.06. The molecule has 0 aromatic heterocycles. The van der Waals surface area contributed by atoms with Gasteiger partial charge in [0.05, 0.1) is 0 Å². The third-order valence-electron chi connectivity index (χ3n) is 6.00. The van der Waals surface area contributed by atoms with Gasteiger partial charge in [-0.1, -0.05) is 0 Å². The molecular formula is C17H33N3. The van der Waals surface area contributed by atoms with Crippen LogP contribution in [0.4, 0.5) is 0 Å². The summed E-state index contributed by atoms with van der Waals surface area (Å²) in [5, 5.41) is 0. The molecule has 0 bridgehead atoms. The highest BCUT2D eigenvalue weighted by Crippen LogP contribution is 2.40. The lowest BCUT2D eigenvalue weighted by atomic mass is 9.72. The fourth-order valence-electron chi connectivity index (χ4n) is 4.68. The van der Waals surface area contributed by atoms with Crippen molar-refractivity contribution >= 4 is 0 Å². The van der Waals surface area contributed by atoms with Crippen LogP contribution in [0.25, 0.3) is 0 Å². The molecule has 3 saturated heterocycles. The van der Waals surface area contributed by atoms with Crippen molar-refractivity contribution in [2.75, 3.05) is 46.3 Å². The molecular weight excluding hydrogens is 246 g/mol. The van der Waals surface area contributed by atoms with E-state index >= 15 is 0 Å². The van der Waals surface area contributed by atoms with Gasteiger partial charge in [0.1, 0.15) is 0 Å². The summed E-state index contributed by atoms with van der Waals surface area (Å²) in [6, 6.07) is 0.865. The Balaban J connectivity index is 1.46. The Morgan fingerprint density at radius 3 is 1.90 bits per heavy atom. The van der Waals surface area contributed by atoms with Crippen molar-refractivity contribution in [3.8, 4) is 0 Å². The second-order valence-corrected chi connectivity index (χ2v) is 8.60. The van der Waals surface area contributed by atoms with E-state index in [0.29, 0.717) is 11.0 Å². The van der Waals surface area contributed by atoms with Crippen molar-refractivity contribution in [1.82, 2.24) is 14.7 Å². The van der Waals surface area contributed by atoms with Crippen LogP contribution in [0.2, 0.25) is 0 Å². The SMILES string of the molecule is CN1CC2(CCN(C3CCN(C(C)(C)C)CC3)CC2)C1. The highest BCUT2D eigenvalue weighted by Gasteiger charge is 2.44. The van der Waals surface area contributed by atoms with E-state index in [0.717, 1.165) is 6.04 Å². The third-order valence-corrected chi connectivity index (χ3v) is 6.00. The van der Waals surface area contributed by atoms with Crippen LogP contribution in [0.5, 0.6) is 0 Å². The molecule has 116 valence electrons. The Morgan fingerprint density at radius 1 is 0.900 bits per heavy atom. The quantitative estimate of drug-likeness (QED) is 0.729. The maximum Gasteiger partial charge on any atom is 0.0125 e. The zero-order valence-corrected chi connectivity index (χ0v) is 14.0. The number of rotatable bonds is 1. The Bertz CT molecular complexity index is 323. The van der Waals surface area contributed by atoms with Gasteiger partial charge in [-0.3, -0.25) is 4.90 Å². The summed E-state index contributed by atoms with van der Waals surface area (Å²) in [6.45, 7) is 15.0. The standard InChI is InChI=1S/C17H33N3/c1-16(2,3)20-9-5-15(6-10-20)19-11-7-17(8-12-19)13-18(4)14-17/h15H,5-14H2,1-4H3. The van der Waals surface area contributed by atoms with Gasteiger partial charge < -0.3 is 9.80 Å². The van der Waals surface area contributed by atoms with Gasteiger partial charge in [-0.05, 0) is 72.0 Å². The summed E-state index contributed by atoms with van der Waals surface area (Å²) in [5.74, 6) is 0. The Morgan fingerprint density at radius 2 is 1.45 bits per heavy atom. The van der Waals surface area contributed by atoms with E-state index in [-0.39, 0.29) is 0 Å². The first-order valence-corrected chi connectivity index (χ1v) is 8.56. The zero-order chi connectivity index (χ0) is 14.4. The number of nitrogens with zero attached hydrogens (tertiary/aromatic N) is 3. The molecule has 3 aliphatic heterocycles. The molecule has 20 heavy (non-hydrogen) atoms. The number of hydrogen-bond donors (Lipinski definition) is 0. The van der Waals surface area contributed by atoms with E-state index in [2.05, 4.69) is 42.5 Å². The van der Waals surface area contributed by atoms with Crippen LogP contribution in [0.15, 0.2) is 0 Å². The molecule has 0 aliphatic carbocycles. The molecule has 3 nitrogen and oxygen atoms in total. The molecule has 0 unspecified atom stereocenters. The van der Waals surface area contributed by atoms with E-state index in [1.54, 1.807) is 0 Å². The van der Waals surface area contributed by atoms with Gasteiger partial charge in [0.25, 0.3) is 0 Å². The van der Waals surface area contributed by atoms with Crippen LogP contribution in [0, 0.1) is 5.41 Å². The van der Waals surface area contributed by atoms with Crippen LogP contribution in [-0.2, 0) is 0 Å². The lowest BCUT2D eigenvalue weighted by molar-refractivity contribution is -0.0484. The van der Waals surface area contributed by atoms with Crippen LogP contribution >= 0.6 is 0 Å². The van der Waals surface area contributed by atoms with Crippen molar-refractivity contribution in [3.63, 3.8) is 0 Å². The number of likely N-dealkylation sites (tertiary alicyclic amines) is 3. The summed E-state index contributed by atoms with van der Waals surface area (Å²) in [4.78, 5) is 7.96. The van der Waals surface area contributed by atoms with E-state index in [1.165, 1.54) is 65.0 Å². The summed E-state index contributed by atoms with van der Waals surface area (Å²) in [6.07, 6.45) is 5.64. The van der Waals surface area contributed by atoms with Gasteiger partial charge in [-0.2, -0.15) is 0 Å². The smallest absolute Gasteiger partial charge is 0.0125 e. The molecule has 0 aromatic carbocycles. The minimum absolute atomic E-state index is 0.355. The summed E-state index contributed by atoms with van der Waals surface area (Å²) < 4.78 is 0. The molecule has 3 heteroatoms. The first-order chi connectivity index (χ1) is 9.38.